The molecule has 2 aliphatic heterocycles. The predicted molar refractivity (Wildman–Crippen MR) is 217 cm³/mol. The van der Waals surface area contributed by atoms with Gasteiger partial charge in [-0.2, -0.15) is 4.58 Å². The molecule has 3 aromatic rings. The van der Waals surface area contributed by atoms with Gasteiger partial charge in [0, 0.05) is 47.5 Å². The molecule has 0 saturated carbocycles. The van der Waals surface area contributed by atoms with Gasteiger partial charge in [0.05, 0.1) is 5.41 Å². The first-order valence-electron chi connectivity index (χ1n) is 19.5. The summed E-state index contributed by atoms with van der Waals surface area (Å²) >= 11 is 0. The van der Waals surface area contributed by atoms with Crippen LogP contribution in [0.4, 0.5) is 11.4 Å². The maximum atomic E-state index is 2.58. The van der Waals surface area contributed by atoms with E-state index in [1.165, 1.54) is 73.7 Å². The average Bonchev–Trinajstić information content (AvgIpc) is 3.44. The van der Waals surface area contributed by atoms with Gasteiger partial charge in [-0.15, -0.1) is 0 Å². The van der Waals surface area contributed by atoms with Crippen LogP contribution in [0.1, 0.15) is 141 Å². The lowest BCUT2D eigenvalue weighted by molar-refractivity contribution is -0.437. The van der Waals surface area contributed by atoms with Crippen molar-refractivity contribution < 1.29 is 4.58 Å². The number of hydrogen-bond donors (Lipinski definition) is 0. The van der Waals surface area contributed by atoms with E-state index in [0.717, 1.165) is 38.8 Å². The molecule has 0 N–H and O–H groups in total. The monoisotopic (exact) mass is 665 g/mol. The van der Waals surface area contributed by atoms with Gasteiger partial charge in [-0.05, 0) is 102 Å². The van der Waals surface area contributed by atoms with Crippen LogP contribution in [0.5, 0.6) is 0 Å². The highest BCUT2D eigenvalue weighted by Crippen LogP contribution is 2.49. The summed E-state index contributed by atoms with van der Waals surface area (Å²) in [5, 5.41) is 0. The average molecular weight is 666 g/mol. The summed E-state index contributed by atoms with van der Waals surface area (Å²) in [6.45, 7) is 25.7. The van der Waals surface area contributed by atoms with Gasteiger partial charge in [0.2, 0.25) is 5.69 Å². The van der Waals surface area contributed by atoms with Crippen LogP contribution in [0.2, 0.25) is 0 Å². The largest absolute Gasteiger partial charge is 0.344 e. The lowest BCUT2D eigenvalue weighted by atomic mass is 9.75. The maximum Gasteiger partial charge on any atom is 0.209 e. The van der Waals surface area contributed by atoms with E-state index in [1.54, 1.807) is 0 Å². The summed E-state index contributed by atoms with van der Waals surface area (Å²) in [6, 6.07) is 25.1. The Bertz CT molecular complexity index is 1880. The molecule has 0 unspecified atom stereocenters. The topological polar surface area (TPSA) is 6.25 Å². The zero-order chi connectivity index (χ0) is 35.8. The fourth-order valence-corrected chi connectivity index (χ4v) is 8.99. The Labute approximate surface area is 304 Å². The van der Waals surface area contributed by atoms with E-state index in [4.69, 9.17) is 0 Å². The zero-order valence-electron chi connectivity index (χ0n) is 32.7. The molecule has 262 valence electrons. The van der Waals surface area contributed by atoms with Gasteiger partial charge >= 0.3 is 0 Å². The third kappa shape index (κ3) is 6.29. The lowest BCUT2D eigenvalue weighted by Gasteiger charge is -2.29. The SMILES string of the molecule is CCCN1C(=CC=C2CCCC(C=CC3=[N+](CCC)c4ccccc4C3(C)C)=C2c2c(C(C)C)cccc2C(C)C)C(C)(C)c2ccccc21. The number of allylic oxidation sites excluding steroid dienone is 8. The first kappa shape index (κ1) is 35.9. The molecule has 0 radical (unpaired) electrons. The number of benzene rings is 3. The molecule has 0 spiro atoms. The standard InChI is InChI=1S/C48H61N2/c1-11-31-49-41-25-15-13-23-39(41)47(7,8)43(49)29-27-35-19-17-20-36(45(35)46-37(33(3)4)21-18-22-38(46)34(5)6)28-30-44-48(9,10)40-24-14-16-26-42(40)50(44)32-12-2/h13-16,18,21-30,33-34H,11-12,17,19-20,31-32H2,1-10H3/q+1. The molecule has 0 aromatic heterocycles. The van der Waals surface area contributed by atoms with Crippen LogP contribution >= 0.6 is 0 Å². The maximum absolute atomic E-state index is 2.58. The number of nitrogens with zero attached hydrogens (tertiary/aromatic N) is 2. The molecule has 2 heteroatoms. The lowest BCUT2D eigenvalue weighted by Crippen LogP contribution is -2.28. The number of fused-ring (bicyclic) bond motifs is 2. The number of hydrogen-bond acceptors (Lipinski definition) is 1. The van der Waals surface area contributed by atoms with Crippen molar-refractivity contribution in [2.24, 2.45) is 0 Å². The summed E-state index contributed by atoms with van der Waals surface area (Å²) in [6.07, 6.45) is 15.6. The molecule has 0 bridgehead atoms. The third-order valence-corrected chi connectivity index (χ3v) is 11.5. The van der Waals surface area contributed by atoms with Gasteiger partial charge in [0.15, 0.2) is 5.71 Å². The van der Waals surface area contributed by atoms with Crippen molar-refractivity contribution in [3.8, 4) is 0 Å². The summed E-state index contributed by atoms with van der Waals surface area (Å²) in [7, 11) is 0. The van der Waals surface area contributed by atoms with Gasteiger partial charge in [-0.3, -0.25) is 0 Å². The number of rotatable bonds is 10. The molecule has 2 heterocycles. The van der Waals surface area contributed by atoms with Crippen molar-refractivity contribution in [1.82, 2.24) is 0 Å². The number of para-hydroxylation sites is 2. The molecular formula is C48H61N2+. The molecule has 6 rings (SSSR count). The Hall–Kier alpha value is -3.91. The van der Waals surface area contributed by atoms with Gasteiger partial charge in [-0.1, -0.05) is 122 Å². The van der Waals surface area contributed by atoms with Crippen LogP contribution in [0.3, 0.4) is 0 Å². The summed E-state index contributed by atoms with van der Waals surface area (Å²) in [5.41, 5.74) is 17.2. The Morgan fingerprint density at radius 3 is 2.04 bits per heavy atom. The molecule has 3 aromatic carbocycles. The summed E-state index contributed by atoms with van der Waals surface area (Å²) in [5.74, 6) is 0.868. The molecule has 0 amide bonds. The fraction of sp³-hybridized carbons (Fsp3) is 0.438. The van der Waals surface area contributed by atoms with Gasteiger partial charge in [0.1, 0.15) is 6.54 Å². The number of anilines is 1. The molecule has 3 aliphatic rings. The van der Waals surface area contributed by atoms with E-state index >= 15 is 0 Å². The molecule has 0 saturated heterocycles. The molecular weight excluding hydrogens is 605 g/mol. The van der Waals surface area contributed by atoms with Crippen LogP contribution in [0, 0.1) is 0 Å². The van der Waals surface area contributed by atoms with Crippen molar-refractivity contribution in [3.63, 3.8) is 0 Å². The molecule has 50 heavy (non-hydrogen) atoms. The molecule has 0 fully saturated rings. The molecule has 2 nitrogen and oxygen atoms in total. The fourth-order valence-electron chi connectivity index (χ4n) is 8.99. The summed E-state index contributed by atoms with van der Waals surface area (Å²) < 4.78 is 2.58. The van der Waals surface area contributed by atoms with Gasteiger partial charge < -0.3 is 4.90 Å². The van der Waals surface area contributed by atoms with Crippen LogP contribution < -0.4 is 4.90 Å². The van der Waals surface area contributed by atoms with Crippen molar-refractivity contribution in [2.45, 2.75) is 124 Å². The van der Waals surface area contributed by atoms with Crippen LogP contribution in [-0.4, -0.2) is 23.4 Å². The van der Waals surface area contributed by atoms with E-state index in [2.05, 4.69) is 170 Å². The van der Waals surface area contributed by atoms with E-state index in [1.807, 2.05) is 0 Å². The van der Waals surface area contributed by atoms with Crippen molar-refractivity contribution in [2.75, 3.05) is 18.0 Å². The molecule has 1 aliphatic carbocycles. The first-order chi connectivity index (χ1) is 23.9. The van der Waals surface area contributed by atoms with Crippen molar-refractivity contribution >= 4 is 22.7 Å². The second kappa shape index (κ2) is 14.4. The minimum Gasteiger partial charge on any atom is -0.344 e. The van der Waals surface area contributed by atoms with Crippen molar-refractivity contribution in [3.05, 3.63) is 136 Å². The third-order valence-electron chi connectivity index (χ3n) is 11.5. The second-order valence-electron chi connectivity index (χ2n) is 16.4. The van der Waals surface area contributed by atoms with E-state index < -0.39 is 0 Å². The normalized spacial score (nSPS) is 20.0. The Balaban J connectivity index is 1.58. The highest BCUT2D eigenvalue weighted by molar-refractivity contribution is 6.03. The van der Waals surface area contributed by atoms with Crippen molar-refractivity contribution in [1.29, 1.82) is 0 Å². The van der Waals surface area contributed by atoms with E-state index in [-0.39, 0.29) is 10.8 Å². The van der Waals surface area contributed by atoms with Crippen LogP contribution in [0.15, 0.2) is 108 Å². The van der Waals surface area contributed by atoms with Crippen LogP contribution in [-0.2, 0) is 10.8 Å². The highest BCUT2D eigenvalue weighted by atomic mass is 15.2. The minimum absolute atomic E-state index is 0.0501. The predicted octanol–water partition coefficient (Wildman–Crippen LogP) is 12.9. The van der Waals surface area contributed by atoms with E-state index in [9.17, 15) is 0 Å². The smallest absolute Gasteiger partial charge is 0.209 e. The van der Waals surface area contributed by atoms with Gasteiger partial charge in [0.25, 0.3) is 0 Å². The first-order valence-corrected chi connectivity index (χ1v) is 19.5. The van der Waals surface area contributed by atoms with E-state index in [0.29, 0.717) is 11.8 Å². The summed E-state index contributed by atoms with van der Waals surface area (Å²) in [4.78, 5) is 2.58. The molecule has 0 atom stereocenters. The Kier molecular flexibility index (Phi) is 10.3. The minimum atomic E-state index is -0.0501. The Morgan fingerprint density at radius 1 is 0.720 bits per heavy atom. The zero-order valence-corrected chi connectivity index (χ0v) is 32.7. The second-order valence-corrected chi connectivity index (χ2v) is 16.4. The Morgan fingerprint density at radius 2 is 1.38 bits per heavy atom. The van der Waals surface area contributed by atoms with Gasteiger partial charge in [-0.25, -0.2) is 0 Å². The highest BCUT2D eigenvalue weighted by Gasteiger charge is 2.44. The quantitative estimate of drug-likeness (QED) is 0.195. The van der Waals surface area contributed by atoms with Crippen LogP contribution in [0.25, 0.3) is 5.57 Å².